The van der Waals surface area contributed by atoms with E-state index in [2.05, 4.69) is 9.99 Å². The summed E-state index contributed by atoms with van der Waals surface area (Å²) in [6.07, 6.45) is 3.82. The summed E-state index contributed by atoms with van der Waals surface area (Å²) in [6.45, 7) is 7.72. The fourth-order valence-electron chi connectivity index (χ4n) is 2.15. The molecule has 7 heteroatoms. The van der Waals surface area contributed by atoms with Gasteiger partial charge >= 0.3 is 0 Å². The molecule has 1 aromatic rings. The Hall–Kier alpha value is -2.02. The molecule has 1 rings (SSSR count). The van der Waals surface area contributed by atoms with Crippen molar-refractivity contribution in [2.75, 3.05) is 25.4 Å². The molecule has 0 unspecified atom stereocenters. The van der Waals surface area contributed by atoms with E-state index in [-0.39, 0.29) is 5.75 Å². The Labute approximate surface area is 144 Å². The summed E-state index contributed by atoms with van der Waals surface area (Å²) in [5, 5.41) is 3.61. The van der Waals surface area contributed by atoms with E-state index in [1.807, 2.05) is 45.1 Å². The van der Waals surface area contributed by atoms with Crippen LogP contribution in [0.4, 0.5) is 0 Å². The Bertz CT molecular complexity index is 685. The second kappa shape index (κ2) is 9.32. The first-order valence-electron chi connectivity index (χ1n) is 7.54. The van der Waals surface area contributed by atoms with Gasteiger partial charge < -0.3 is 14.3 Å². The SMILES string of the molecule is C/C=C/COc1cc(C)c(OCS(=O)(=O)C/C(C)=N/OC)c(C)c1. The Morgan fingerprint density at radius 1 is 1.21 bits per heavy atom. The average Bonchev–Trinajstić information content (AvgIpc) is 2.46. The summed E-state index contributed by atoms with van der Waals surface area (Å²) < 4.78 is 35.3. The van der Waals surface area contributed by atoms with Crippen LogP contribution in [0.5, 0.6) is 11.5 Å². The van der Waals surface area contributed by atoms with Crippen molar-refractivity contribution in [2.45, 2.75) is 27.7 Å². The van der Waals surface area contributed by atoms with Gasteiger partial charge in [0.15, 0.2) is 15.8 Å². The van der Waals surface area contributed by atoms with Gasteiger partial charge in [-0.1, -0.05) is 17.3 Å². The van der Waals surface area contributed by atoms with Crippen molar-refractivity contribution in [3.8, 4) is 11.5 Å². The second-order valence-electron chi connectivity index (χ2n) is 5.43. The van der Waals surface area contributed by atoms with Crippen LogP contribution in [0.1, 0.15) is 25.0 Å². The third-order valence-corrected chi connectivity index (χ3v) is 4.41. The minimum atomic E-state index is -3.44. The number of nitrogens with zero attached hydrogens (tertiary/aromatic N) is 1. The highest BCUT2D eigenvalue weighted by Gasteiger charge is 2.16. The van der Waals surface area contributed by atoms with Crippen LogP contribution in [0.2, 0.25) is 0 Å². The molecule has 0 aliphatic rings. The van der Waals surface area contributed by atoms with E-state index in [0.717, 1.165) is 16.9 Å². The number of aryl methyl sites for hydroxylation is 2. The van der Waals surface area contributed by atoms with E-state index in [4.69, 9.17) is 9.47 Å². The lowest BCUT2D eigenvalue weighted by Gasteiger charge is -2.14. The van der Waals surface area contributed by atoms with Crippen LogP contribution in [0.3, 0.4) is 0 Å². The molecule has 0 heterocycles. The van der Waals surface area contributed by atoms with Crippen molar-refractivity contribution in [3.63, 3.8) is 0 Å². The van der Waals surface area contributed by atoms with Crippen LogP contribution in [-0.4, -0.2) is 39.5 Å². The lowest BCUT2D eigenvalue weighted by Crippen LogP contribution is -2.21. The fraction of sp³-hybridized carbons (Fsp3) is 0.471. The highest BCUT2D eigenvalue weighted by atomic mass is 32.2. The number of benzene rings is 1. The van der Waals surface area contributed by atoms with Crippen LogP contribution in [0, 0.1) is 13.8 Å². The van der Waals surface area contributed by atoms with Gasteiger partial charge in [0.25, 0.3) is 0 Å². The molecular weight excluding hydrogens is 330 g/mol. The molecule has 0 fully saturated rings. The standard InChI is InChI=1S/C17H25NO5S/c1-6-7-8-22-16-9-13(2)17(14(3)10-16)23-12-24(19,20)11-15(4)18-21-5/h6-7,9-10H,8,11-12H2,1-5H3/b7-6+,18-15+. The molecule has 0 atom stereocenters. The molecule has 1 aromatic carbocycles. The van der Waals surface area contributed by atoms with Gasteiger partial charge in [0.05, 0.1) is 11.5 Å². The molecule has 0 aromatic heterocycles. The summed E-state index contributed by atoms with van der Waals surface area (Å²) in [4.78, 5) is 4.57. The maximum Gasteiger partial charge on any atom is 0.190 e. The van der Waals surface area contributed by atoms with Crippen molar-refractivity contribution in [2.24, 2.45) is 5.16 Å². The number of allylic oxidation sites excluding steroid dienone is 1. The summed E-state index contributed by atoms with van der Waals surface area (Å²) in [6, 6.07) is 3.66. The molecule has 134 valence electrons. The highest BCUT2D eigenvalue weighted by molar-refractivity contribution is 7.91. The van der Waals surface area contributed by atoms with Gasteiger partial charge in [-0.15, -0.1) is 0 Å². The van der Waals surface area contributed by atoms with Crippen LogP contribution in [-0.2, 0) is 14.7 Å². The van der Waals surface area contributed by atoms with E-state index in [9.17, 15) is 8.42 Å². The van der Waals surface area contributed by atoms with E-state index in [1.165, 1.54) is 7.11 Å². The van der Waals surface area contributed by atoms with Gasteiger partial charge in [0.1, 0.15) is 25.2 Å². The fourth-order valence-corrected chi connectivity index (χ4v) is 3.22. The molecule has 0 aliphatic heterocycles. The first-order chi connectivity index (χ1) is 11.3. The number of rotatable bonds is 9. The molecule has 0 saturated heterocycles. The zero-order valence-electron chi connectivity index (χ0n) is 14.8. The Morgan fingerprint density at radius 2 is 1.83 bits per heavy atom. The number of sulfone groups is 1. The van der Waals surface area contributed by atoms with E-state index < -0.39 is 15.8 Å². The smallest absolute Gasteiger partial charge is 0.190 e. The van der Waals surface area contributed by atoms with Gasteiger partial charge in [-0.2, -0.15) is 0 Å². The molecule has 0 bridgehead atoms. The van der Waals surface area contributed by atoms with Crippen LogP contribution < -0.4 is 9.47 Å². The Morgan fingerprint density at radius 3 is 2.38 bits per heavy atom. The molecule has 0 N–H and O–H groups in total. The van der Waals surface area contributed by atoms with E-state index in [0.29, 0.717) is 18.1 Å². The third-order valence-electron chi connectivity index (χ3n) is 3.07. The van der Waals surface area contributed by atoms with Crippen molar-refractivity contribution >= 4 is 15.5 Å². The van der Waals surface area contributed by atoms with Crippen LogP contribution in [0.15, 0.2) is 29.4 Å². The van der Waals surface area contributed by atoms with Gasteiger partial charge in [-0.05, 0) is 51.0 Å². The molecule has 0 amide bonds. The predicted octanol–water partition coefficient (Wildman–Crippen LogP) is 3.03. The van der Waals surface area contributed by atoms with Gasteiger partial charge in [-0.25, -0.2) is 8.42 Å². The van der Waals surface area contributed by atoms with E-state index in [1.54, 1.807) is 6.92 Å². The summed E-state index contributed by atoms with van der Waals surface area (Å²) in [5.74, 6) is 0.660. The first kappa shape index (κ1) is 20.0. The van der Waals surface area contributed by atoms with Crippen molar-refractivity contribution in [3.05, 3.63) is 35.4 Å². The van der Waals surface area contributed by atoms with Crippen LogP contribution >= 0.6 is 0 Å². The highest BCUT2D eigenvalue weighted by Crippen LogP contribution is 2.28. The molecule has 0 spiro atoms. The molecule has 0 radical (unpaired) electrons. The lowest BCUT2D eigenvalue weighted by molar-refractivity contribution is 0.213. The molecule has 0 saturated carbocycles. The number of oxime groups is 1. The summed E-state index contributed by atoms with van der Waals surface area (Å²) in [7, 11) is -2.06. The lowest BCUT2D eigenvalue weighted by atomic mass is 10.1. The average molecular weight is 355 g/mol. The quantitative estimate of drug-likeness (QED) is 0.387. The van der Waals surface area contributed by atoms with Gasteiger partial charge in [-0.3, -0.25) is 0 Å². The number of hydrogen-bond acceptors (Lipinski definition) is 6. The Kier molecular flexibility index (Phi) is 7.78. The maximum absolute atomic E-state index is 12.1. The monoisotopic (exact) mass is 355 g/mol. The third kappa shape index (κ3) is 6.62. The number of ether oxygens (including phenoxy) is 2. The van der Waals surface area contributed by atoms with E-state index >= 15 is 0 Å². The van der Waals surface area contributed by atoms with Crippen molar-refractivity contribution < 1.29 is 22.7 Å². The zero-order valence-corrected chi connectivity index (χ0v) is 15.6. The Balaban J connectivity index is 2.79. The largest absolute Gasteiger partial charge is 0.490 e. The molecule has 6 nitrogen and oxygen atoms in total. The maximum atomic E-state index is 12.1. The van der Waals surface area contributed by atoms with Crippen molar-refractivity contribution in [1.82, 2.24) is 0 Å². The molecular formula is C17H25NO5S. The van der Waals surface area contributed by atoms with Gasteiger partial charge in [0, 0.05) is 0 Å². The minimum Gasteiger partial charge on any atom is -0.490 e. The van der Waals surface area contributed by atoms with Crippen molar-refractivity contribution in [1.29, 1.82) is 0 Å². The normalized spacial score (nSPS) is 12.5. The second-order valence-corrected chi connectivity index (χ2v) is 7.44. The van der Waals surface area contributed by atoms with Crippen LogP contribution in [0.25, 0.3) is 0 Å². The topological polar surface area (TPSA) is 74.2 Å². The summed E-state index contributed by atoms with van der Waals surface area (Å²) in [5.41, 5.74) is 2.02. The minimum absolute atomic E-state index is 0.205. The predicted molar refractivity (Wildman–Crippen MR) is 95.6 cm³/mol. The zero-order chi connectivity index (χ0) is 18.2. The molecule has 0 aliphatic carbocycles. The summed E-state index contributed by atoms with van der Waals surface area (Å²) >= 11 is 0. The number of hydrogen-bond donors (Lipinski definition) is 0. The molecule has 24 heavy (non-hydrogen) atoms. The van der Waals surface area contributed by atoms with Gasteiger partial charge in [0.2, 0.25) is 0 Å². The first-order valence-corrected chi connectivity index (χ1v) is 9.36.